The first kappa shape index (κ1) is 22.9. The van der Waals surface area contributed by atoms with E-state index in [2.05, 4.69) is 27.3 Å². The Balaban J connectivity index is 0.00000245. The van der Waals surface area contributed by atoms with Gasteiger partial charge in [0.15, 0.2) is 0 Å². The minimum absolute atomic E-state index is 0. The fourth-order valence-corrected chi connectivity index (χ4v) is 4.86. The molecule has 0 unspecified atom stereocenters. The van der Waals surface area contributed by atoms with Crippen LogP contribution in [0.15, 0.2) is 42.5 Å². The molecule has 32 heavy (non-hydrogen) atoms. The standard InChI is InChI=1S/C24H28ClN5O.ClH/c25-19-10-9-17(16-18(19)23-27-20-6-1-2-7-21(20)28-23)29-12-5-13-30(15-14-29)24(31)22-8-3-4-11-26-22;/h1-2,6-7,9-10,16,22,26H,3-5,8,11-15H2,(H,27,28);1H/t22-;/m1./s1. The molecule has 0 bridgehead atoms. The molecule has 170 valence electrons. The maximum Gasteiger partial charge on any atom is 0.239 e. The highest BCUT2D eigenvalue weighted by Gasteiger charge is 2.27. The van der Waals surface area contributed by atoms with Crippen molar-refractivity contribution >= 4 is 46.6 Å². The summed E-state index contributed by atoms with van der Waals surface area (Å²) < 4.78 is 0. The second-order valence-corrected chi connectivity index (χ2v) is 8.84. The van der Waals surface area contributed by atoms with Gasteiger partial charge in [-0.15, -0.1) is 12.4 Å². The number of fused-ring (bicyclic) bond motifs is 1. The van der Waals surface area contributed by atoms with Gasteiger partial charge in [0.05, 0.1) is 22.1 Å². The lowest BCUT2D eigenvalue weighted by molar-refractivity contribution is -0.133. The summed E-state index contributed by atoms with van der Waals surface area (Å²) in [6.07, 6.45) is 4.22. The Morgan fingerprint density at radius 1 is 1.03 bits per heavy atom. The molecule has 1 amide bonds. The highest BCUT2D eigenvalue weighted by molar-refractivity contribution is 6.33. The molecule has 2 saturated heterocycles. The van der Waals surface area contributed by atoms with Crippen LogP contribution in [0.5, 0.6) is 0 Å². The summed E-state index contributed by atoms with van der Waals surface area (Å²) in [6.45, 7) is 4.26. The van der Waals surface area contributed by atoms with Gasteiger partial charge in [0, 0.05) is 37.4 Å². The van der Waals surface area contributed by atoms with Gasteiger partial charge in [-0.05, 0) is 56.1 Å². The Morgan fingerprint density at radius 3 is 2.72 bits per heavy atom. The van der Waals surface area contributed by atoms with E-state index >= 15 is 0 Å². The Morgan fingerprint density at radius 2 is 1.91 bits per heavy atom. The zero-order valence-electron chi connectivity index (χ0n) is 18.0. The highest BCUT2D eigenvalue weighted by Crippen LogP contribution is 2.32. The van der Waals surface area contributed by atoms with Crippen molar-refractivity contribution in [2.45, 2.75) is 31.7 Å². The molecule has 3 aromatic rings. The molecular formula is C24H29Cl2N5O. The fraction of sp³-hybridized carbons (Fsp3) is 0.417. The Labute approximate surface area is 199 Å². The molecule has 0 radical (unpaired) electrons. The first-order chi connectivity index (χ1) is 15.2. The van der Waals surface area contributed by atoms with Crippen molar-refractivity contribution < 1.29 is 4.79 Å². The third-order valence-electron chi connectivity index (χ3n) is 6.38. The summed E-state index contributed by atoms with van der Waals surface area (Å²) in [4.78, 5) is 25.4. The normalized spacial score (nSPS) is 19.5. The predicted octanol–water partition coefficient (Wildman–Crippen LogP) is 4.49. The van der Waals surface area contributed by atoms with Crippen LogP contribution in [0.4, 0.5) is 5.69 Å². The first-order valence-electron chi connectivity index (χ1n) is 11.2. The van der Waals surface area contributed by atoms with E-state index in [0.29, 0.717) is 5.02 Å². The molecule has 2 fully saturated rings. The van der Waals surface area contributed by atoms with Gasteiger partial charge >= 0.3 is 0 Å². The van der Waals surface area contributed by atoms with Crippen molar-refractivity contribution in [3.05, 3.63) is 47.5 Å². The topological polar surface area (TPSA) is 64.3 Å². The lowest BCUT2D eigenvalue weighted by atomic mass is 10.0. The van der Waals surface area contributed by atoms with Crippen molar-refractivity contribution in [1.29, 1.82) is 0 Å². The lowest BCUT2D eigenvalue weighted by Crippen LogP contribution is -2.49. The number of carbonyl (C=O) groups is 1. The van der Waals surface area contributed by atoms with Crippen LogP contribution >= 0.6 is 24.0 Å². The Hall–Kier alpha value is -2.28. The van der Waals surface area contributed by atoms with E-state index in [1.165, 1.54) is 6.42 Å². The number of nitrogens with one attached hydrogen (secondary N) is 2. The number of H-pyrrole nitrogens is 1. The van der Waals surface area contributed by atoms with E-state index in [9.17, 15) is 4.79 Å². The van der Waals surface area contributed by atoms with Gasteiger partial charge in [-0.3, -0.25) is 4.79 Å². The SMILES string of the molecule is Cl.O=C([C@H]1CCCCN1)N1CCCN(c2ccc(Cl)c(-c3nc4ccccc4[nH]3)c2)CC1. The maximum atomic E-state index is 12.9. The fourth-order valence-electron chi connectivity index (χ4n) is 4.65. The molecule has 5 rings (SSSR count). The van der Waals surface area contributed by atoms with Gasteiger partial charge in [0.2, 0.25) is 5.91 Å². The average Bonchev–Trinajstić information content (AvgIpc) is 3.09. The molecule has 1 atom stereocenters. The van der Waals surface area contributed by atoms with Crippen molar-refractivity contribution in [1.82, 2.24) is 20.2 Å². The Bertz CT molecular complexity index is 1050. The molecule has 0 saturated carbocycles. The molecule has 2 aliphatic heterocycles. The van der Waals surface area contributed by atoms with Crippen LogP contribution in [-0.2, 0) is 4.79 Å². The van der Waals surface area contributed by atoms with Gasteiger partial charge in [-0.2, -0.15) is 0 Å². The van der Waals surface area contributed by atoms with Crippen LogP contribution in [0, 0.1) is 0 Å². The van der Waals surface area contributed by atoms with E-state index in [0.717, 1.165) is 80.1 Å². The second kappa shape index (κ2) is 10.1. The third kappa shape index (κ3) is 4.72. The molecule has 0 aliphatic carbocycles. The van der Waals surface area contributed by atoms with Crippen LogP contribution in [-0.4, -0.2) is 59.5 Å². The van der Waals surface area contributed by atoms with Crippen molar-refractivity contribution in [2.75, 3.05) is 37.6 Å². The summed E-state index contributed by atoms with van der Waals surface area (Å²) in [7, 11) is 0. The molecule has 2 aliphatic rings. The van der Waals surface area contributed by atoms with Crippen LogP contribution in [0.1, 0.15) is 25.7 Å². The van der Waals surface area contributed by atoms with Crippen molar-refractivity contribution in [3.8, 4) is 11.4 Å². The number of amides is 1. The van der Waals surface area contributed by atoms with E-state index in [4.69, 9.17) is 16.6 Å². The lowest BCUT2D eigenvalue weighted by Gasteiger charge is -2.29. The summed E-state index contributed by atoms with van der Waals surface area (Å²) in [5.41, 5.74) is 3.95. The first-order valence-corrected chi connectivity index (χ1v) is 11.6. The predicted molar refractivity (Wildman–Crippen MR) is 133 cm³/mol. The van der Waals surface area contributed by atoms with Crippen LogP contribution in [0.25, 0.3) is 22.4 Å². The number of hydrogen-bond acceptors (Lipinski definition) is 4. The van der Waals surface area contributed by atoms with E-state index in [-0.39, 0.29) is 24.4 Å². The summed E-state index contributed by atoms with van der Waals surface area (Å²) >= 11 is 6.54. The molecule has 6 nitrogen and oxygen atoms in total. The van der Waals surface area contributed by atoms with E-state index < -0.39 is 0 Å². The number of hydrogen-bond donors (Lipinski definition) is 2. The maximum absolute atomic E-state index is 12.9. The average molecular weight is 474 g/mol. The quantitative estimate of drug-likeness (QED) is 0.588. The van der Waals surface area contributed by atoms with Crippen molar-refractivity contribution in [3.63, 3.8) is 0 Å². The number of imidazole rings is 1. The molecular weight excluding hydrogens is 445 g/mol. The number of benzene rings is 2. The van der Waals surface area contributed by atoms with Crippen molar-refractivity contribution in [2.24, 2.45) is 0 Å². The summed E-state index contributed by atoms with van der Waals surface area (Å²) in [6, 6.07) is 14.1. The van der Waals surface area contributed by atoms with Gasteiger partial charge in [0.1, 0.15) is 5.82 Å². The van der Waals surface area contributed by atoms with E-state index in [1.54, 1.807) is 0 Å². The second-order valence-electron chi connectivity index (χ2n) is 8.44. The number of anilines is 1. The Kier molecular flexibility index (Phi) is 7.23. The van der Waals surface area contributed by atoms with Crippen LogP contribution in [0.3, 0.4) is 0 Å². The molecule has 2 aromatic carbocycles. The number of aromatic amines is 1. The smallest absolute Gasteiger partial charge is 0.239 e. The number of para-hydroxylation sites is 2. The number of nitrogens with zero attached hydrogens (tertiary/aromatic N) is 3. The molecule has 0 spiro atoms. The van der Waals surface area contributed by atoms with Gasteiger partial charge in [-0.25, -0.2) is 4.98 Å². The third-order valence-corrected chi connectivity index (χ3v) is 6.71. The van der Waals surface area contributed by atoms with Crippen LogP contribution in [0.2, 0.25) is 5.02 Å². The number of aromatic nitrogens is 2. The largest absolute Gasteiger partial charge is 0.370 e. The van der Waals surface area contributed by atoms with E-state index in [1.807, 2.05) is 35.2 Å². The molecule has 8 heteroatoms. The van der Waals surface area contributed by atoms with Crippen LogP contribution < -0.4 is 10.2 Å². The van der Waals surface area contributed by atoms with Gasteiger partial charge < -0.3 is 20.1 Å². The zero-order valence-corrected chi connectivity index (χ0v) is 19.6. The zero-order chi connectivity index (χ0) is 21.2. The number of halogens is 2. The number of rotatable bonds is 3. The van der Waals surface area contributed by atoms with Gasteiger partial charge in [-0.1, -0.05) is 30.2 Å². The molecule has 3 heterocycles. The van der Waals surface area contributed by atoms with Gasteiger partial charge in [0.25, 0.3) is 0 Å². The minimum Gasteiger partial charge on any atom is -0.370 e. The number of piperidine rings is 1. The molecule has 1 aromatic heterocycles. The summed E-state index contributed by atoms with van der Waals surface area (Å²) in [5, 5.41) is 4.07. The highest BCUT2D eigenvalue weighted by atomic mass is 35.5. The monoisotopic (exact) mass is 473 g/mol. The minimum atomic E-state index is -0.00415. The number of carbonyl (C=O) groups excluding carboxylic acids is 1. The summed E-state index contributed by atoms with van der Waals surface area (Å²) in [5.74, 6) is 1.05. The molecule has 2 N–H and O–H groups in total.